The number of methoxy groups -OCH3 is 1. The topological polar surface area (TPSA) is 67.0 Å². The molecule has 1 heterocycles. The molecule has 1 amide bonds. The molecule has 0 aliphatic heterocycles. The lowest BCUT2D eigenvalue weighted by Crippen LogP contribution is -2.14. The Morgan fingerprint density at radius 3 is 2.65 bits per heavy atom. The number of carbonyl (C=O) groups excluding carboxylic acids is 1. The van der Waals surface area contributed by atoms with Crippen LogP contribution in [0, 0.1) is 0 Å². The molecule has 2 N–H and O–H groups in total. The number of aromatic nitrogens is 2. The largest absolute Gasteiger partial charge is 0.496 e. The number of hydrogen-bond donors (Lipinski definition) is 2. The summed E-state index contributed by atoms with van der Waals surface area (Å²) in [5, 5.41) is 2.89. The van der Waals surface area contributed by atoms with Gasteiger partial charge in [0.25, 0.3) is 0 Å². The van der Waals surface area contributed by atoms with E-state index in [0.717, 1.165) is 28.4 Å². The number of hydrogen-bond acceptors (Lipinski definition) is 3. The van der Waals surface area contributed by atoms with Gasteiger partial charge in [0, 0.05) is 29.2 Å². The number of aromatic amines is 1. The number of imidazole rings is 1. The average molecular weight is 307 g/mol. The van der Waals surface area contributed by atoms with E-state index in [1.165, 1.54) is 0 Å². The number of nitrogens with zero attached hydrogens (tertiary/aromatic N) is 1. The zero-order valence-electron chi connectivity index (χ0n) is 12.7. The van der Waals surface area contributed by atoms with Gasteiger partial charge in [-0.3, -0.25) is 4.79 Å². The van der Waals surface area contributed by atoms with Crippen molar-refractivity contribution in [2.45, 2.75) is 6.42 Å². The SMILES string of the molecule is COc1ccccc1CC(=O)Nc1ccc(-c2ncc[nH]2)cc1. The Morgan fingerprint density at radius 1 is 1.17 bits per heavy atom. The minimum absolute atomic E-state index is 0.0831. The lowest BCUT2D eigenvalue weighted by Gasteiger charge is -2.09. The summed E-state index contributed by atoms with van der Waals surface area (Å²) in [6, 6.07) is 15.1. The molecule has 3 rings (SSSR count). The summed E-state index contributed by atoms with van der Waals surface area (Å²) in [6.45, 7) is 0. The molecular weight excluding hydrogens is 290 g/mol. The van der Waals surface area contributed by atoms with Gasteiger partial charge in [-0.1, -0.05) is 18.2 Å². The first-order valence-electron chi connectivity index (χ1n) is 7.28. The molecule has 0 spiro atoms. The first-order chi connectivity index (χ1) is 11.3. The summed E-state index contributed by atoms with van der Waals surface area (Å²) in [4.78, 5) is 19.4. The van der Waals surface area contributed by atoms with Crippen molar-refractivity contribution in [3.63, 3.8) is 0 Å². The molecule has 2 aromatic carbocycles. The van der Waals surface area contributed by atoms with Gasteiger partial charge in [0.1, 0.15) is 11.6 Å². The van der Waals surface area contributed by atoms with Crippen molar-refractivity contribution in [2.24, 2.45) is 0 Å². The smallest absolute Gasteiger partial charge is 0.228 e. The van der Waals surface area contributed by atoms with Crippen LogP contribution < -0.4 is 10.1 Å². The Morgan fingerprint density at radius 2 is 1.96 bits per heavy atom. The van der Waals surface area contributed by atoms with Crippen LogP contribution in [0.25, 0.3) is 11.4 Å². The fourth-order valence-electron chi connectivity index (χ4n) is 2.36. The van der Waals surface area contributed by atoms with E-state index in [-0.39, 0.29) is 12.3 Å². The second-order valence-corrected chi connectivity index (χ2v) is 5.05. The highest BCUT2D eigenvalue weighted by Gasteiger charge is 2.08. The van der Waals surface area contributed by atoms with Gasteiger partial charge >= 0.3 is 0 Å². The van der Waals surface area contributed by atoms with Crippen LogP contribution in [0.15, 0.2) is 60.9 Å². The second kappa shape index (κ2) is 6.79. The molecule has 5 nitrogen and oxygen atoms in total. The first kappa shape index (κ1) is 14.8. The van der Waals surface area contributed by atoms with Crippen LogP contribution >= 0.6 is 0 Å². The van der Waals surface area contributed by atoms with Crippen LogP contribution in [0.4, 0.5) is 5.69 Å². The maximum atomic E-state index is 12.2. The van der Waals surface area contributed by atoms with Crippen molar-refractivity contribution in [3.05, 3.63) is 66.5 Å². The van der Waals surface area contributed by atoms with Gasteiger partial charge in [0.2, 0.25) is 5.91 Å². The van der Waals surface area contributed by atoms with Crippen LogP contribution in [0.2, 0.25) is 0 Å². The number of H-pyrrole nitrogens is 1. The third kappa shape index (κ3) is 3.58. The minimum Gasteiger partial charge on any atom is -0.496 e. The Balaban J connectivity index is 1.66. The lowest BCUT2D eigenvalue weighted by molar-refractivity contribution is -0.115. The number of benzene rings is 2. The van der Waals surface area contributed by atoms with Crippen molar-refractivity contribution >= 4 is 11.6 Å². The van der Waals surface area contributed by atoms with E-state index in [1.54, 1.807) is 19.5 Å². The molecule has 1 aromatic heterocycles. The van der Waals surface area contributed by atoms with Crippen LogP contribution in [-0.2, 0) is 11.2 Å². The second-order valence-electron chi connectivity index (χ2n) is 5.05. The molecule has 0 radical (unpaired) electrons. The van der Waals surface area contributed by atoms with E-state index >= 15 is 0 Å². The van der Waals surface area contributed by atoms with Crippen molar-refractivity contribution < 1.29 is 9.53 Å². The number of amides is 1. The van der Waals surface area contributed by atoms with Crippen LogP contribution in [0.1, 0.15) is 5.56 Å². The Hall–Kier alpha value is -3.08. The number of carbonyl (C=O) groups is 1. The van der Waals surface area contributed by atoms with E-state index in [2.05, 4.69) is 15.3 Å². The maximum absolute atomic E-state index is 12.2. The zero-order chi connectivity index (χ0) is 16.1. The van der Waals surface area contributed by atoms with E-state index < -0.39 is 0 Å². The van der Waals surface area contributed by atoms with E-state index in [9.17, 15) is 4.79 Å². The zero-order valence-corrected chi connectivity index (χ0v) is 12.7. The molecule has 0 saturated heterocycles. The summed E-state index contributed by atoms with van der Waals surface area (Å²) in [6.07, 6.45) is 3.75. The summed E-state index contributed by atoms with van der Waals surface area (Å²) < 4.78 is 5.26. The van der Waals surface area contributed by atoms with E-state index in [4.69, 9.17) is 4.74 Å². The minimum atomic E-state index is -0.0831. The van der Waals surface area contributed by atoms with Crippen molar-refractivity contribution in [2.75, 3.05) is 12.4 Å². The van der Waals surface area contributed by atoms with Crippen molar-refractivity contribution in [3.8, 4) is 17.1 Å². The lowest BCUT2D eigenvalue weighted by atomic mass is 10.1. The number of para-hydroxylation sites is 1. The quantitative estimate of drug-likeness (QED) is 0.760. The van der Waals surface area contributed by atoms with Gasteiger partial charge in [-0.15, -0.1) is 0 Å². The molecule has 3 aromatic rings. The maximum Gasteiger partial charge on any atom is 0.228 e. The fraction of sp³-hybridized carbons (Fsp3) is 0.111. The number of nitrogens with one attached hydrogen (secondary N) is 2. The molecule has 0 fully saturated rings. The summed E-state index contributed by atoms with van der Waals surface area (Å²) in [5.41, 5.74) is 2.58. The number of anilines is 1. The molecule has 0 bridgehead atoms. The third-order valence-corrected chi connectivity index (χ3v) is 3.48. The van der Waals surface area contributed by atoms with Crippen LogP contribution in [0.5, 0.6) is 5.75 Å². The Kier molecular flexibility index (Phi) is 4.38. The van der Waals surface area contributed by atoms with Gasteiger partial charge < -0.3 is 15.0 Å². The molecular formula is C18H17N3O2. The highest BCUT2D eigenvalue weighted by atomic mass is 16.5. The van der Waals surface area contributed by atoms with Crippen molar-refractivity contribution in [1.82, 2.24) is 9.97 Å². The predicted octanol–water partition coefficient (Wildman–Crippen LogP) is 3.27. The predicted molar refractivity (Wildman–Crippen MR) is 89.4 cm³/mol. The van der Waals surface area contributed by atoms with Gasteiger partial charge in [0.05, 0.1) is 13.5 Å². The number of ether oxygens (including phenoxy) is 1. The highest BCUT2D eigenvalue weighted by molar-refractivity contribution is 5.92. The summed E-state index contributed by atoms with van der Waals surface area (Å²) in [7, 11) is 1.60. The summed E-state index contributed by atoms with van der Waals surface area (Å²) >= 11 is 0. The summed E-state index contributed by atoms with van der Waals surface area (Å²) in [5.74, 6) is 1.44. The van der Waals surface area contributed by atoms with Gasteiger partial charge in [-0.25, -0.2) is 4.98 Å². The monoisotopic (exact) mass is 307 g/mol. The molecule has 0 atom stereocenters. The normalized spacial score (nSPS) is 10.3. The molecule has 116 valence electrons. The third-order valence-electron chi connectivity index (χ3n) is 3.48. The van der Waals surface area contributed by atoms with Crippen LogP contribution in [0.3, 0.4) is 0 Å². The molecule has 23 heavy (non-hydrogen) atoms. The van der Waals surface area contributed by atoms with Crippen LogP contribution in [-0.4, -0.2) is 23.0 Å². The van der Waals surface area contributed by atoms with Crippen molar-refractivity contribution in [1.29, 1.82) is 0 Å². The fourth-order valence-corrected chi connectivity index (χ4v) is 2.36. The first-order valence-corrected chi connectivity index (χ1v) is 7.28. The molecule has 0 aliphatic rings. The average Bonchev–Trinajstić information content (AvgIpc) is 3.10. The Bertz CT molecular complexity index is 780. The standard InChI is InChI=1S/C18H17N3O2/c1-23-16-5-3-2-4-14(16)12-17(22)21-15-8-6-13(7-9-15)18-19-10-11-20-18/h2-11H,12H2,1H3,(H,19,20)(H,21,22). The highest BCUT2D eigenvalue weighted by Crippen LogP contribution is 2.20. The number of rotatable bonds is 5. The van der Waals surface area contributed by atoms with Gasteiger partial charge in [0.15, 0.2) is 0 Å². The molecule has 0 unspecified atom stereocenters. The molecule has 0 aliphatic carbocycles. The molecule has 0 saturated carbocycles. The van der Waals surface area contributed by atoms with Gasteiger partial charge in [-0.2, -0.15) is 0 Å². The Labute approximate surface area is 134 Å². The molecule has 5 heteroatoms. The van der Waals surface area contributed by atoms with E-state index in [0.29, 0.717) is 0 Å². The van der Waals surface area contributed by atoms with Gasteiger partial charge in [-0.05, 0) is 30.3 Å². The van der Waals surface area contributed by atoms with E-state index in [1.807, 2.05) is 48.5 Å².